The fraction of sp³-hybridized carbons (Fsp3) is 1.00. The first kappa shape index (κ1) is 5.89. The van der Waals surface area contributed by atoms with Gasteiger partial charge in [-0.3, -0.25) is 0 Å². The molecule has 1 N–H and O–H groups in total. The van der Waals surface area contributed by atoms with Gasteiger partial charge < -0.3 is 0 Å². The normalized spacial score (nSPS) is 33.0. The van der Waals surface area contributed by atoms with Crippen LogP contribution in [-0.4, -0.2) is 35.6 Å². The van der Waals surface area contributed by atoms with Gasteiger partial charge in [0.25, 0.3) is 0 Å². The fourth-order valence-electron chi connectivity index (χ4n) is 0.879. The third-order valence-corrected chi connectivity index (χ3v) is 2.96. The molecule has 2 heteroatoms. The van der Waals surface area contributed by atoms with Gasteiger partial charge in [0.15, 0.2) is 0 Å². The van der Waals surface area contributed by atoms with Crippen molar-refractivity contribution in [3.63, 3.8) is 0 Å². The summed E-state index contributed by atoms with van der Waals surface area (Å²) < 4.78 is 1.05. The molecular weight excluding hydrogens is 193 g/mol. The Bertz CT molecular complexity index is 50.0. The van der Waals surface area contributed by atoms with Gasteiger partial charge in [-0.1, -0.05) is 0 Å². The average Bonchev–Trinajstić information content (AvgIpc) is 1.69. The summed E-state index contributed by atoms with van der Waals surface area (Å²) in [6.07, 6.45) is 2.89. The maximum absolute atomic E-state index is 3.37. The van der Waals surface area contributed by atoms with Gasteiger partial charge in [-0.2, -0.15) is 0 Å². The third-order valence-electron chi connectivity index (χ3n) is 1.33. The number of rotatable bonds is 0. The van der Waals surface area contributed by atoms with Crippen LogP contribution in [0.1, 0.15) is 12.8 Å². The SMILES string of the molecule is [SnH][CH]1CCCNC1. The second-order valence-electron chi connectivity index (χ2n) is 2.11. The van der Waals surface area contributed by atoms with Gasteiger partial charge in [0.1, 0.15) is 0 Å². The fourth-order valence-corrected chi connectivity index (χ4v) is 2.03. The average molecular weight is 204 g/mol. The van der Waals surface area contributed by atoms with E-state index in [1.54, 1.807) is 0 Å². The first-order valence-electron chi connectivity index (χ1n) is 2.86. The zero-order valence-electron chi connectivity index (χ0n) is 4.48. The molecule has 2 radical (unpaired) electrons. The van der Waals surface area contributed by atoms with E-state index in [1.807, 2.05) is 0 Å². The van der Waals surface area contributed by atoms with Crippen LogP contribution in [0.4, 0.5) is 0 Å². The second-order valence-corrected chi connectivity index (χ2v) is 4.80. The minimum absolute atomic E-state index is 1.05. The van der Waals surface area contributed by atoms with E-state index in [9.17, 15) is 0 Å². The van der Waals surface area contributed by atoms with E-state index < -0.39 is 0 Å². The van der Waals surface area contributed by atoms with Crippen LogP contribution in [0.3, 0.4) is 0 Å². The quantitative estimate of drug-likeness (QED) is 0.550. The van der Waals surface area contributed by atoms with Crippen molar-refractivity contribution in [2.24, 2.45) is 0 Å². The molecule has 1 atom stereocenters. The van der Waals surface area contributed by atoms with Crippen LogP contribution >= 0.6 is 0 Å². The number of hydrogen-bond donors (Lipinski definition) is 1. The van der Waals surface area contributed by atoms with Gasteiger partial charge in [0.2, 0.25) is 0 Å². The predicted molar refractivity (Wildman–Crippen MR) is 33.0 cm³/mol. The molecule has 0 bridgehead atoms. The summed E-state index contributed by atoms with van der Waals surface area (Å²) in [6, 6.07) is 0. The van der Waals surface area contributed by atoms with Crippen LogP contribution in [0.25, 0.3) is 0 Å². The molecule has 1 fully saturated rings. The molecule has 0 amide bonds. The first-order valence-corrected chi connectivity index (χ1v) is 4.76. The Morgan fingerprint density at radius 3 is 2.71 bits per heavy atom. The third kappa shape index (κ3) is 2.00. The van der Waals surface area contributed by atoms with Crippen LogP contribution in [0, 0.1) is 0 Å². The summed E-state index contributed by atoms with van der Waals surface area (Å²) in [5.74, 6) is 0. The van der Waals surface area contributed by atoms with Crippen molar-refractivity contribution >= 4 is 22.5 Å². The molecule has 1 aliphatic heterocycles. The van der Waals surface area contributed by atoms with Gasteiger partial charge >= 0.3 is 57.7 Å². The van der Waals surface area contributed by atoms with E-state index in [0.717, 1.165) is 3.93 Å². The Balaban J connectivity index is 2.12. The van der Waals surface area contributed by atoms with E-state index >= 15 is 0 Å². The topological polar surface area (TPSA) is 12.0 Å². The molecule has 1 unspecified atom stereocenters. The molecule has 0 spiro atoms. The molecule has 1 heterocycles. The molecule has 0 aromatic carbocycles. The molecule has 1 rings (SSSR count). The summed E-state index contributed by atoms with van der Waals surface area (Å²) in [5.41, 5.74) is 0. The van der Waals surface area contributed by atoms with Gasteiger partial charge in [-0.25, -0.2) is 0 Å². The van der Waals surface area contributed by atoms with Crippen molar-refractivity contribution in [3.8, 4) is 0 Å². The van der Waals surface area contributed by atoms with Crippen molar-refractivity contribution < 1.29 is 0 Å². The van der Waals surface area contributed by atoms with Crippen molar-refractivity contribution in [2.45, 2.75) is 16.8 Å². The second kappa shape index (κ2) is 2.92. The molecule has 0 aromatic heterocycles. The van der Waals surface area contributed by atoms with Gasteiger partial charge in [-0.05, 0) is 0 Å². The Morgan fingerprint density at radius 2 is 2.43 bits per heavy atom. The van der Waals surface area contributed by atoms with E-state index in [0.29, 0.717) is 0 Å². The van der Waals surface area contributed by atoms with E-state index in [1.165, 1.54) is 48.5 Å². The van der Waals surface area contributed by atoms with Crippen LogP contribution in [0.15, 0.2) is 0 Å². The molecule has 40 valence electrons. The summed E-state index contributed by atoms with van der Waals surface area (Å²) in [4.78, 5) is 0. The van der Waals surface area contributed by atoms with E-state index in [-0.39, 0.29) is 0 Å². The summed E-state index contributed by atoms with van der Waals surface area (Å²) >= 11 is 1.45. The molecule has 1 nitrogen and oxygen atoms in total. The Morgan fingerprint density at radius 1 is 1.57 bits per heavy atom. The zero-order valence-corrected chi connectivity index (χ0v) is 7.78. The number of nitrogens with one attached hydrogen (secondary N) is 1. The Kier molecular flexibility index (Phi) is 2.46. The molecule has 7 heavy (non-hydrogen) atoms. The zero-order chi connectivity index (χ0) is 5.11. The van der Waals surface area contributed by atoms with E-state index in [4.69, 9.17) is 0 Å². The van der Waals surface area contributed by atoms with Gasteiger partial charge in [0.05, 0.1) is 0 Å². The van der Waals surface area contributed by atoms with Gasteiger partial charge in [-0.15, -0.1) is 0 Å². The van der Waals surface area contributed by atoms with Crippen molar-refractivity contribution in [2.75, 3.05) is 13.1 Å². The van der Waals surface area contributed by atoms with Crippen molar-refractivity contribution in [1.82, 2.24) is 5.32 Å². The van der Waals surface area contributed by atoms with Gasteiger partial charge in [0, 0.05) is 0 Å². The standard InChI is InChI=1S/C5H10N.Sn.H/c1-2-4-6-5-3-1;;/h2,6H,1,3-5H2;;. The van der Waals surface area contributed by atoms with Crippen molar-refractivity contribution in [3.05, 3.63) is 0 Å². The number of piperidine rings is 1. The Hall–Kier alpha value is 0.759. The van der Waals surface area contributed by atoms with Crippen LogP contribution in [-0.2, 0) is 0 Å². The first-order chi connectivity index (χ1) is 3.39. The molecule has 1 saturated heterocycles. The van der Waals surface area contributed by atoms with Crippen LogP contribution in [0.2, 0.25) is 3.93 Å². The molecule has 1 aliphatic rings. The molecule has 0 aliphatic carbocycles. The summed E-state index contributed by atoms with van der Waals surface area (Å²) in [5, 5.41) is 3.37. The summed E-state index contributed by atoms with van der Waals surface area (Å²) in [7, 11) is 0. The molecule has 0 aromatic rings. The van der Waals surface area contributed by atoms with Crippen LogP contribution < -0.4 is 5.32 Å². The minimum atomic E-state index is 1.05. The maximum atomic E-state index is 3.37. The van der Waals surface area contributed by atoms with E-state index in [2.05, 4.69) is 5.32 Å². The number of hydrogen-bond acceptors (Lipinski definition) is 1. The van der Waals surface area contributed by atoms with Crippen LogP contribution in [0.5, 0.6) is 0 Å². The monoisotopic (exact) mass is 205 g/mol. The summed E-state index contributed by atoms with van der Waals surface area (Å²) in [6.45, 7) is 2.56. The Labute approximate surface area is 58.0 Å². The molecular formula is C5H11NSn. The molecule has 0 saturated carbocycles. The van der Waals surface area contributed by atoms with Crippen molar-refractivity contribution in [1.29, 1.82) is 0 Å². The predicted octanol–water partition coefficient (Wildman–Crippen LogP) is 0.0591.